The third-order valence-electron chi connectivity index (χ3n) is 9.20. The van der Waals surface area contributed by atoms with E-state index in [2.05, 4.69) is 19.9 Å². The van der Waals surface area contributed by atoms with Crippen LogP contribution in [-0.4, -0.2) is 30.4 Å². The van der Waals surface area contributed by atoms with Gasteiger partial charge < -0.3 is 9.47 Å². The molecule has 0 saturated heterocycles. The van der Waals surface area contributed by atoms with Crippen LogP contribution < -0.4 is 0 Å². The molecule has 7 atom stereocenters. The van der Waals surface area contributed by atoms with Crippen LogP contribution in [0.3, 0.4) is 0 Å². The highest BCUT2D eigenvalue weighted by molar-refractivity contribution is 5.85. The lowest BCUT2D eigenvalue weighted by molar-refractivity contribution is -0.150. The molecule has 0 aromatic carbocycles. The minimum Gasteiger partial charge on any atom is -0.462 e. The molecular weight excluding hydrogens is 380 g/mol. The van der Waals surface area contributed by atoms with Crippen LogP contribution in [0.25, 0.3) is 0 Å². The van der Waals surface area contributed by atoms with Gasteiger partial charge in [-0.2, -0.15) is 0 Å². The predicted octanol–water partition coefficient (Wildman–Crippen LogP) is 4.63. The van der Waals surface area contributed by atoms with Crippen molar-refractivity contribution in [1.82, 2.24) is 0 Å². The van der Waals surface area contributed by atoms with E-state index in [9.17, 15) is 14.4 Å². The maximum Gasteiger partial charge on any atom is 0.303 e. The summed E-state index contributed by atoms with van der Waals surface area (Å²) in [4.78, 5) is 35.4. The van der Waals surface area contributed by atoms with E-state index in [1.807, 2.05) is 0 Å². The van der Waals surface area contributed by atoms with Crippen molar-refractivity contribution in [2.75, 3.05) is 6.61 Å². The molecule has 5 nitrogen and oxygen atoms in total. The van der Waals surface area contributed by atoms with Gasteiger partial charge in [-0.05, 0) is 73.5 Å². The van der Waals surface area contributed by atoms with Crippen molar-refractivity contribution < 1.29 is 23.9 Å². The van der Waals surface area contributed by atoms with Crippen molar-refractivity contribution in [2.45, 2.75) is 85.2 Å². The van der Waals surface area contributed by atoms with Crippen molar-refractivity contribution in [3.8, 4) is 0 Å². The molecule has 0 aliphatic heterocycles. The Bertz CT molecular complexity index is 770. The van der Waals surface area contributed by atoms with Crippen LogP contribution in [0.1, 0.15) is 79.1 Å². The zero-order chi connectivity index (χ0) is 21.7. The number of allylic oxidation sites excluding steroid dienone is 1. The first-order valence-corrected chi connectivity index (χ1v) is 11.7. The standard InChI is InChI=1S/C25H36O5/c1-15(26)29-14-23(28)22-8-7-20-19-6-5-17-13-18(30-16(2)27)9-11-24(17,3)21(19)10-12-25(20,22)4/h5,18-22H,6-14H2,1-4H3/t18-,19+,20+,21+,22-,24-,25+/m0/s1. The smallest absolute Gasteiger partial charge is 0.303 e. The number of esters is 2. The van der Waals surface area contributed by atoms with Crippen LogP contribution in [0.5, 0.6) is 0 Å². The number of hydrogen-bond acceptors (Lipinski definition) is 5. The summed E-state index contributed by atoms with van der Waals surface area (Å²) < 4.78 is 10.6. The van der Waals surface area contributed by atoms with Crippen LogP contribution in [0, 0.1) is 34.5 Å². The van der Waals surface area contributed by atoms with Crippen LogP contribution in [0.2, 0.25) is 0 Å². The van der Waals surface area contributed by atoms with Gasteiger partial charge in [0, 0.05) is 26.2 Å². The molecule has 166 valence electrons. The number of carbonyl (C=O) groups is 3. The van der Waals surface area contributed by atoms with Crippen LogP contribution in [0.15, 0.2) is 11.6 Å². The van der Waals surface area contributed by atoms with Crippen LogP contribution in [-0.2, 0) is 23.9 Å². The van der Waals surface area contributed by atoms with Crippen molar-refractivity contribution in [2.24, 2.45) is 34.5 Å². The molecule has 4 aliphatic rings. The first-order valence-electron chi connectivity index (χ1n) is 11.7. The topological polar surface area (TPSA) is 69.7 Å². The average Bonchev–Trinajstić information content (AvgIpc) is 3.03. The molecule has 3 fully saturated rings. The molecular formula is C25H36O5. The zero-order valence-corrected chi connectivity index (χ0v) is 18.9. The molecule has 5 heteroatoms. The van der Waals surface area contributed by atoms with Gasteiger partial charge in [0.2, 0.25) is 0 Å². The first-order chi connectivity index (χ1) is 14.1. The minimum absolute atomic E-state index is 0.0145. The molecule has 0 spiro atoms. The lowest BCUT2D eigenvalue weighted by Gasteiger charge is -2.58. The summed E-state index contributed by atoms with van der Waals surface area (Å²) >= 11 is 0. The number of rotatable bonds is 4. The van der Waals surface area contributed by atoms with E-state index in [0.29, 0.717) is 17.8 Å². The molecule has 0 aromatic rings. The number of ketones is 1. The molecule has 0 aromatic heterocycles. The van der Waals surface area contributed by atoms with E-state index in [1.54, 1.807) is 0 Å². The summed E-state index contributed by atoms with van der Waals surface area (Å²) in [6, 6.07) is 0. The lowest BCUT2D eigenvalue weighted by Crippen LogP contribution is -2.51. The molecule has 0 bridgehead atoms. The summed E-state index contributed by atoms with van der Waals surface area (Å²) in [5.41, 5.74) is 1.71. The Hall–Kier alpha value is -1.65. The highest BCUT2D eigenvalue weighted by Gasteiger charge is 2.59. The largest absolute Gasteiger partial charge is 0.462 e. The Morgan fingerprint density at radius 1 is 1.00 bits per heavy atom. The van der Waals surface area contributed by atoms with Gasteiger partial charge in [-0.3, -0.25) is 14.4 Å². The summed E-state index contributed by atoms with van der Waals surface area (Å²) in [5.74, 6) is 1.39. The van der Waals surface area contributed by atoms with Gasteiger partial charge in [0.05, 0.1) is 0 Å². The maximum absolute atomic E-state index is 12.9. The van der Waals surface area contributed by atoms with E-state index in [-0.39, 0.29) is 47.2 Å². The number of carbonyl (C=O) groups excluding carboxylic acids is 3. The van der Waals surface area contributed by atoms with Gasteiger partial charge in [-0.1, -0.05) is 25.5 Å². The fraction of sp³-hybridized carbons (Fsp3) is 0.800. The molecule has 0 N–H and O–H groups in total. The molecule has 30 heavy (non-hydrogen) atoms. The number of fused-ring (bicyclic) bond motifs is 5. The Morgan fingerprint density at radius 3 is 2.47 bits per heavy atom. The molecule has 0 amide bonds. The van der Waals surface area contributed by atoms with Crippen molar-refractivity contribution in [3.63, 3.8) is 0 Å². The maximum atomic E-state index is 12.9. The van der Waals surface area contributed by atoms with E-state index < -0.39 is 0 Å². The first kappa shape index (κ1) is 21.6. The fourth-order valence-electron chi connectivity index (χ4n) is 7.77. The second-order valence-corrected chi connectivity index (χ2v) is 10.7. The van der Waals surface area contributed by atoms with Crippen molar-refractivity contribution in [3.05, 3.63) is 11.6 Å². The van der Waals surface area contributed by atoms with Crippen LogP contribution >= 0.6 is 0 Å². The predicted molar refractivity (Wildman–Crippen MR) is 112 cm³/mol. The molecule has 4 aliphatic carbocycles. The SMILES string of the molecule is CC(=O)OCC(=O)[C@@H]1CC[C@@H]2[C@H]3CC=C4C[C@@H](OC(C)=O)CC[C@]4(C)[C@@H]3CC[C@]21C. The highest BCUT2D eigenvalue weighted by atomic mass is 16.5. The Morgan fingerprint density at radius 2 is 1.77 bits per heavy atom. The Kier molecular flexibility index (Phi) is 5.61. The second-order valence-electron chi connectivity index (χ2n) is 10.7. The second kappa shape index (κ2) is 7.80. The molecule has 0 heterocycles. The molecule has 0 unspecified atom stereocenters. The van der Waals surface area contributed by atoms with E-state index in [4.69, 9.17) is 9.47 Å². The summed E-state index contributed by atoms with van der Waals surface area (Å²) in [6.45, 7) is 7.54. The van der Waals surface area contributed by atoms with E-state index >= 15 is 0 Å². The Balaban J connectivity index is 1.51. The third-order valence-corrected chi connectivity index (χ3v) is 9.20. The zero-order valence-electron chi connectivity index (χ0n) is 18.9. The fourth-order valence-corrected chi connectivity index (χ4v) is 7.77. The van der Waals surface area contributed by atoms with Crippen molar-refractivity contribution in [1.29, 1.82) is 0 Å². The molecule has 3 saturated carbocycles. The van der Waals surface area contributed by atoms with E-state index in [1.165, 1.54) is 19.4 Å². The summed E-state index contributed by atoms with van der Waals surface area (Å²) in [5, 5.41) is 0. The Labute approximate surface area is 179 Å². The van der Waals surface area contributed by atoms with Gasteiger partial charge in [0.15, 0.2) is 5.78 Å². The van der Waals surface area contributed by atoms with Crippen LogP contribution in [0.4, 0.5) is 0 Å². The highest BCUT2D eigenvalue weighted by Crippen LogP contribution is 2.66. The lowest BCUT2D eigenvalue weighted by atomic mass is 9.47. The van der Waals surface area contributed by atoms with E-state index in [0.717, 1.165) is 51.4 Å². The molecule has 0 radical (unpaired) electrons. The summed E-state index contributed by atoms with van der Waals surface area (Å²) in [7, 11) is 0. The van der Waals surface area contributed by atoms with Gasteiger partial charge in [0.1, 0.15) is 12.7 Å². The normalized spacial score (nSPS) is 42.3. The van der Waals surface area contributed by atoms with Gasteiger partial charge >= 0.3 is 11.9 Å². The van der Waals surface area contributed by atoms with Gasteiger partial charge in [-0.25, -0.2) is 0 Å². The van der Waals surface area contributed by atoms with Gasteiger partial charge in [0.25, 0.3) is 0 Å². The minimum atomic E-state index is -0.381. The monoisotopic (exact) mass is 416 g/mol. The summed E-state index contributed by atoms with van der Waals surface area (Å²) in [6.07, 6.45) is 10.7. The number of hydrogen-bond donors (Lipinski definition) is 0. The quantitative estimate of drug-likeness (QED) is 0.494. The molecule has 4 rings (SSSR count). The van der Waals surface area contributed by atoms with Gasteiger partial charge in [-0.15, -0.1) is 0 Å². The number of ether oxygens (including phenoxy) is 2. The average molecular weight is 417 g/mol. The van der Waals surface area contributed by atoms with Crippen molar-refractivity contribution >= 4 is 17.7 Å². The number of Topliss-reactive ketones (excluding diaryl/α,β-unsaturated/α-hetero) is 1. The third kappa shape index (κ3) is 3.52.